The van der Waals surface area contributed by atoms with Crippen molar-refractivity contribution in [2.75, 3.05) is 0 Å². The molecule has 0 bridgehead atoms. The second-order valence-electron chi connectivity index (χ2n) is 4.15. The van der Waals surface area contributed by atoms with Gasteiger partial charge in [-0.1, -0.05) is 19.3 Å². The minimum atomic E-state index is -0.516. The molecule has 1 aromatic heterocycles. The average Bonchev–Trinajstić information content (AvgIpc) is 2.26. The fourth-order valence-corrected chi connectivity index (χ4v) is 2.17. The van der Waals surface area contributed by atoms with Crippen molar-refractivity contribution in [3.8, 4) is 0 Å². The lowest BCUT2D eigenvalue weighted by molar-refractivity contribution is 0.298. The molecule has 0 aromatic carbocycles. The first-order chi connectivity index (χ1) is 7.20. The minimum absolute atomic E-state index is 0.0439. The Morgan fingerprint density at radius 2 is 1.93 bits per heavy atom. The molecule has 0 saturated heterocycles. The van der Waals surface area contributed by atoms with E-state index in [4.69, 9.17) is 4.42 Å². The van der Waals surface area contributed by atoms with Gasteiger partial charge >= 0.3 is 5.76 Å². The quantitative estimate of drug-likeness (QED) is 0.706. The molecular weight excluding hydrogens is 194 g/mol. The molecule has 1 heterocycles. The fraction of sp³-hybridized carbons (Fsp3) is 0.636. The number of nitrogens with zero attached hydrogens (tertiary/aromatic N) is 1. The van der Waals surface area contributed by atoms with Gasteiger partial charge in [-0.05, 0) is 19.8 Å². The lowest BCUT2D eigenvalue weighted by Crippen LogP contribution is -2.37. The molecule has 0 amide bonds. The smallest absolute Gasteiger partial charge is 0.417 e. The van der Waals surface area contributed by atoms with Crippen LogP contribution in [0.15, 0.2) is 20.3 Å². The molecule has 2 rings (SSSR count). The van der Waals surface area contributed by atoms with Gasteiger partial charge in [0.1, 0.15) is 6.26 Å². The van der Waals surface area contributed by atoms with E-state index in [1.807, 2.05) is 0 Å². The Hall–Kier alpha value is -1.32. The third-order valence-electron chi connectivity index (χ3n) is 3.03. The lowest BCUT2D eigenvalue weighted by atomic mass is 9.95. The largest absolute Gasteiger partial charge is 0.421 e. The van der Waals surface area contributed by atoms with E-state index in [9.17, 15) is 9.59 Å². The summed E-state index contributed by atoms with van der Waals surface area (Å²) in [6, 6.07) is 0.0439. The van der Waals surface area contributed by atoms with Crippen LogP contribution in [-0.4, -0.2) is 4.57 Å². The summed E-state index contributed by atoms with van der Waals surface area (Å²) in [7, 11) is 0. The summed E-state index contributed by atoms with van der Waals surface area (Å²) in [4.78, 5) is 23.3. The molecule has 1 saturated carbocycles. The Morgan fingerprint density at radius 3 is 2.60 bits per heavy atom. The summed E-state index contributed by atoms with van der Waals surface area (Å²) in [6.07, 6.45) is 6.43. The minimum Gasteiger partial charge on any atom is -0.417 e. The van der Waals surface area contributed by atoms with E-state index < -0.39 is 5.76 Å². The van der Waals surface area contributed by atoms with Crippen molar-refractivity contribution >= 4 is 0 Å². The molecular formula is C11H15NO3. The average molecular weight is 209 g/mol. The Balaban J connectivity index is 2.46. The maximum atomic E-state index is 11.8. The fourth-order valence-electron chi connectivity index (χ4n) is 2.17. The molecule has 4 nitrogen and oxygen atoms in total. The summed E-state index contributed by atoms with van der Waals surface area (Å²) in [5.41, 5.74) is 0.304. The Bertz CT molecular complexity index is 452. The molecule has 1 aromatic rings. The van der Waals surface area contributed by atoms with Gasteiger partial charge in [-0.2, -0.15) is 0 Å². The number of hydrogen-bond donors (Lipinski definition) is 0. The summed E-state index contributed by atoms with van der Waals surface area (Å²) in [6.45, 7) is 1.67. The highest BCUT2D eigenvalue weighted by molar-refractivity contribution is 4.99. The van der Waals surface area contributed by atoms with Gasteiger partial charge in [-0.3, -0.25) is 4.79 Å². The van der Waals surface area contributed by atoms with Crippen molar-refractivity contribution in [3.05, 3.63) is 32.7 Å². The van der Waals surface area contributed by atoms with E-state index in [0.29, 0.717) is 5.56 Å². The van der Waals surface area contributed by atoms with Crippen LogP contribution in [0.25, 0.3) is 0 Å². The molecule has 1 aliphatic carbocycles. The predicted molar refractivity (Wildman–Crippen MR) is 56.1 cm³/mol. The molecule has 0 unspecified atom stereocenters. The monoisotopic (exact) mass is 209 g/mol. The van der Waals surface area contributed by atoms with Crippen LogP contribution in [0.4, 0.5) is 0 Å². The van der Waals surface area contributed by atoms with Gasteiger partial charge in [0.05, 0.1) is 0 Å². The highest BCUT2D eigenvalue weighted by atomic mass is 16.4. The molecule has 1 aliphatic rings. The van der Waals surface area contributed by atoms with Crippen molar-refractivity contribution in [3.63, 3.8) is 0 Å². The van der Waals surface area contributed by atoms with Crippen molar-refractivity contribution in [2.24, 2.45) is 0 Å². The van der Waals surface area contributed by atoms with Gasteiger partial charge in [0.25, 0.3) is 5.56 Å². The summed E-state index contributed by atoms with van der Waals surface area (Å²) >= 11 is 0. The Kier molecular flexibility index (Phi) is 2.75. The van der Waals surface area contributed by atoms with E-state index in [2.05, 4.69) is 0 Å². The summed E-state index contributed by atoms with van der Waals surface area (Å²) in [5, 5.41) is 0. The van der Waals surface area contributed by atoms with E-state index in [0.717, 1.165) is 25.7 Å². The van der Waals surface area contributed by atoms with Gasteiger partial charge < -0.3 is 4.42 Å². The highest BCUT2D eigenvalue weighted by Crippen LogP contribution is 2.25. The third kappa shape index (κ3) is 1.89. The van der Waals surface area contributed by atoms with Crippen molar-refractivity contribution in [1.82, 2.24) is 4.57 Å². The van der Waals surface area contributed by atoms with Crippen LogP contribution >= 0.6 is 0 Å². The van der Waals surface area contributed by atoms with Crippen LogP contribution in [0.3, 0.4) is 0 Å². The molecule has 0 N–H and O–H groups in total. The topological polar surface area (TPSA) is 52.2 Å². The van der Waals surface area contributed by atoms with Crippen molar-refractivity contribution in [1.29, 1.82) is 0 Å². The van der Waals surface area contributed by atoms with E-state index in [1.54, 1.807) is 6.92 Å². The zero-order valence-electron chi connectivity index (χ0n) is 8.86. The van der Waals surface area contributed by atoms with Gasteiger partial charge in [-0.25, -0.2) is 9.36 Å². The van der Waals surface area contributed by atoms with Crippen LogP contribution in [-0.2, 0) is 0 Å². The first-order valence-electron chi connectivity index (χ1n) is 5.41. The van der Waals surface area contributed by atoms with E-state index >= 15 is 0 Å². The summed E-state index contributed by atoms with van der Waals surface area (Å²) in [5.74, 6) is -0.516. The zero-order valence-corrected chi connectivity index (χ0v) is 8.86. The molecule has 4 heteroatoms. The molecule has 82 valence electrons. The first-order valence-corrected chi connectivity index (χ1v) is 5.41. The molecule has 0 radical (unpaired) electrons. The van der Waals surface area contributed by atoms with Crippen LogP contribution in [0.5, 0.6) is 0 Å². The maximum Gasteiger partial charge on any atom is 0.421 e. The zero-order chi connectivity index (χ0) is 10.8. The normalized spacial score (nSPS) is 17.9. The van der Waals surface area contributed by atoms with Crippen LogP contribution < -0.4 is 11.3 Å². The number of aromatic nitrogens is 1. The van der Waals surface area contributed by atoms with Gasteiger partial charge in [-0.15, -0.1) is 0 Å². The van der Waals surface area contributed by atoms with Crippen LogP contribution in [0.2, 0.25) is 0 Å². The first kappa shape index (κ1) is 10.2. The van der Waals surface area contributed by atoms with Gasteiger partial charge in [0.2, 0.25) is 0 Å². The Morgan fingerprint density at radius 1 is 1.27 bits per heavy atom. The number of hydrogen-bond acceptors (Lipinski definition) is 3. The standard InChI is InChI=1S/C11H15NO3/c1-8-7-15-11(14)12(10(8)13)9-5-3-2-4-6-9/h7,9H,2-6H2,1H3. The maximum absolute atomic E-state index is 11.8. The van der Waals surface area contributed by atoms with E-state index in [-0.39, 0.29) is 11.6 Å². The Labute approximate surface area is 87.5 Å². The lowest BCUT2D eigenvalue weighted by Gasteiger charge is -2.22. The van der Waals surface area contributed by atoms with Gasteiger partial charge in [0, 0.05) is 11.6 Å². The molecule has 0 spiro atoms. The van der Waals surface area contributed by atoms with Crippen LogP contribution in [0.1, 0.15) is 43.7 Å². The van der Waals surface area contributed by atoms with Crippen molar-refractivity contribution in [2.45, 2.75) is 45.1 Å². The predicted octanol–water partition coefficient (Wildman–Crippen LogP) is 1.62. The molecule has 0 aliphatic heterocycles. The molecule has 0 atom stereocenters. The van der Waals surface area contributed by atoms with Crippen LogP contribution in [0, 0.1) is 6.92 Å². The second kappa shape index (κ2) is 4.04. The second-order valence-corrected chi connectivity index (χ2v) is 4.15. The molecule has 1 fully saturated rings. The summed E-state index contributed by atoms with van der Waals surface area (Å²) < 4.78 is 6.12. The van der Waals surface area contributed by atoms with Gasteiger partial charge in [0.15, 0.2) is 0 Å². The third-order valence-corrected chi connectivity index (χ3v) is 3.03. The number of aryl methyl sites for hydroxylation is 1. The van der Waals surface area contributed by atoms with E-state index in [1.165, 1.54) is 17.3 Å². The number of rotatable bonds is 1. The van der Waals surface area contributed by atoms with Crippen molar-refractivity contribution < 1.29 is 4.42 Å². The highest BCUT2D eigenvalue weighted by Gasteiger charge is 2.19. The SMILES string of the molecule is Cc1coc(=O)n(C2CCCCC2)c1=O. The molecule has 15 heavy (non-hydrogen) atoms.